The van der Waals surface area contributed by atoms with Gasteiger partial charge in [-0.3, -0.25) is 0 Å². The minimum Gasteiger partial charge on any atom is -0.394 e. The van der Waals surface area contributed by atoms with Crippen molar-refractivity contribution in [2.45, 2.75) is 52.2 Å². The predicted molar refractivity (Wildman–Crippen MR) is 68.3 cm³/mol. The third-order valence-electron chi connectivity index (χ3n) is 2.35. The summed E-state index contributed by atoms with van der Waals surface area (Å²) < 4.78 is 16.3. The van der Waals surface area contributed by atoms with Crippen LogP contribution in [0.3, 0.4) is 0 Å². The molecule has 0 aromatic rings. The van der Waals surface area contributed by atoms with Crippen LogP contribution in [0, 0.1) is 0 Å². The second-order valence-corrected chi connectivity index (χ2v) is 4.33. The van der Waals surface area contributed by atoms with Crippen molar-refractivity contribution in [3.05, 3.63) is 0 Å². The average Bonchev–Trinajstić information content (AvgIpc) is 2.33. The molecule has 2 atom stereocenters. The predicted octanol–water partition coefficient (Wildman–Crippen LogP) is 2.00. The molecule has 4 nitrogen and oxygen atoms in total. The van der Waals surface area contributed by atoms with Gasteiger partial charge in [-0.25, -0.2) is 0 Å². The van der Waals surface area contributed by atoms with E-state index < -0.39 is 0 Å². The Morgan fingerprint density at radius 2 is 1.59 bits per heavy atom. The van der Waals surface area contributed by atoms with E-state index in [1.54, 1.807) is 0 Å². The molecule has 104 valence electrons. The van der Waals surface area contributed by atoms with E-state index in [2.05, 4.69) is 6.92 Å². The van der Waals surface area contributed by atoms with Gasteiger partial charge in [0, 0.05) is 19.8 Å². The van der Waals surface area contributed by atoms with E-state index in [0.29, 0.717) is 19.8 Å². The van der Waals surface area contributed by atoms with Gasteiger partial charge in [0.25, 0.3) is 0 Å². The molecule has 1 N–H and O–H groups in total. The standard InChI is InChI=1S/C13H28O4/c1-4-5-8-17-13(3)11-15-7-6-9-16-12(2)10-14/h12-14H,4-11H2,1-3H3. The van der Waals surface area contributed by atoms with Crippen LogP contribution >= 0.6 is 0 Å². The molecule has 0 aliphatic rings. The van der Waals surface area contributed by atoms with E-state index in [9.17, 15) is 0 Å². The van der Waals surface area contributed by atoms with E-state index in [4.69, 9.17) is 19.3 Å². The zero-order valence-corrected chi connectivity index (χ0v) is 11.5. The third kappa shape index (κ3) is 12.1. The van der Waals surface area contributed by atoms with Gasteiger partial charge in [-0.1, -0.05) is 13.3 Å². The number of ether oxygens (including phenoxy) is 3. The Morgan fingerprint density at radius 1 is 0.941 bits per heavy atom. The Labute approximate surface area is 105 Å². The maximum atomic E-state index is 8.74. The largest absolute Gasteiger partial charge is 0.394 e. The summed E-state index contributed by atoms with van der Waals surface area (Å²) in [4.78, 5) is 0. The lowest BCUT2D eigenvalue weighted by Crippen LogP contribution is -2.18. The molecule has 0 radical (unpaired) electrons. The SMILES string of the molecule is CCCCOC(C)COCCCOC(C)CO. The molecular weight excluding hydrogens is 220 g/mol. The number of hydrogen-bond donors (Lipinski definition) is 1. The van der Waals surface area contributed by atoms with Crippen LogP contribution in [0.2, 0.25) is 0 Å². The lowest BCUT2D eigenvalue weighted by Gasteiger charge is -2.13. The highest BCUT2D eigenvalue weighted by molar-refractivity contribution is 4.48. The fourth-order valence-electron chi connectivity index (χ4n) is 1.22. The maximum absolute atomic E-state index is 8.74. The summed E-state index contributed by atoms with van der Waals surface area (Å²) in [6.45, 7) is 8.87. The molecule has 17 heavy (non-hydrogen) atoms. The molecule has 0 fully saturated rings. The quantitative estimate of drug-likeness (QED) is 0.537. The van der Waals surface area contributed by atoms with Gasteiger partial charge in [-0.2, -0.15) is 0 Å². The van der Waals surface area contributed by atoms with Gasteiger partial charge >= 0.3 is 0 Å². The van der Waals surface area contributed by atoms with Crippen LogP contribution in [0.1, 0.15) is 40.0 Å². The molecule has 0 rings (SSSR count). The van der Waals surface area contributed by atoms with Crippen molar-refractivity contribution in [2.75, 3.05) is 33.0 Å². The Hall–Kier alpha value is -0.160. The van der Waals surface area contributed by atoms with Crippen molar-refractivity contribution >= 4 is 0 Å². The zero-order chi connectivity index (χ0) is 12.9. The van der Waals surface area contributed by atoms with Crippen LogP contribution in [0.4, 0.5) is 0 Å². The number of hydrogen-bond acceptors (Lipinski definition) is 4. The summed E-state index contributed by atoms with van der Waals surface area (Å²) in [5.74, 6) is 0. The molecule has 0 aliphatic carbocycles. The highest BCUT2D eigenvalue weighted by Gasteiger charge is 2.02. The van der Waals surface area contributed by atoms with Crippen LogP contribution in [-0.2, 0) is 14.2 Å². The van der Waals surface area contributed by atoms with E-state index in [1.807, 2.05) is 13.8 Å². The summed E-state index contributed by atoms with van der Waals surface area (Å²) in [5.41, 5.74) is 0. The van der Waals surface area contributed by atoms with E-state index >= 15 is 0 Å². The molecule has 0 aliphatic heterocycles. The Balaban J connectivity index is 3.16. The molecule has 4 heteroatoms. The van der Waals surface area contributed by atoms with Crippen molar-refractivity contribution in [2.24, 2.45) is 0 Å². The van der Waals surface area contributed by atoms with Gasteiger partial charge in [-0.05, 0) is 26.7 Å². The van der Waals surface area contributed by atoms with Crippen LogP contribution < -0.4 is 0 Å². The summed E-state index contributed by atoms with van der Waals surface area (Å²) >= 11 is 0. The van der Waals surface area contributed by atoms with Crippen LogP contribution in [0.5, 0.6) is 0 Å². The van der Waals surface area contributed by atoms with E-state index in [1.165, 1.54) is 0 Å². The smallest absolute Gasteiger partial charge is 0.0780 e. The minimum atomic E-state index is -0.0775. The van der Waals surface area contributed by atoms with Gasteiger partial charge in [0.2, 0.25) is 0 Å². The topological polar surface area (TPSA) is 47.9 Å². The van der Waals surface area contributed by atoms with Gasteiger partial charge in [0.1, 0.15) is 0 Å². The van der Waals surface area contributed by atoms with Crippen LogP contribution in [-0.4, -0.2) is 50.3 Å². The molecular formula is C13H28O4. The molecule has 0 saturated carbocycles. The molecule has 2 unspecified atom stereocenters. The molecule has 0 spiro atoms. The second-order valence-electron chi connectivity index (χ2n) is 4.33. The Kier molecular flexibility index (Phi) is 12.2. The van der Waals surface area contributed by atoms with Crippen molar-refractivity contribution < 1.29 is 19.3 Å². The molecule has 0 amide bonds. The fourth-order valence-corrected chi connectivity index (χ4v) is 1.22. The van der Waals surface area contributed by atoms with Gasteiger partial charge in [-0.15, -0.1) is 0 Å². The first-order valence-electron chi connectivity index (χ1n) is 6.62. The second kappa shape index (κ2) is 12.3. The first-order chi connectivity index (χ1) is 8.20. The normalized spacial score (nSPS) is 14.8. The molecule has 0 saturated heterocycles. The highest BCUT2D eigenvalue weighted by Crippen LogP contribution is 1.97. The maximum Gasteiger partial charge on any atom is 0.0780 e. The van der Waals surface area contributed by atoms with Gasteiger partial charge in [0.15, 0.2) is 0 Å². The van der Waals surface area contributed by atoms with Gasteiger partial charge < -0.3 is 19.3 Å². The minimum absolute atomic E-state index is 0.0726. The third-order valence-corrected chi connectivity index (χ3v) is 2.35. The van der Waals surface area contributed by atoms with Crippen molar-refractivity contribution in [3.8, 4) is 0 Å². The van der Waals surface area contributed by atoms with Crippen molar-refractivity contribution in [1.29, 1.82) is 0 Å². The highest BCUT2D eigenvalue weighted by atomic mass is 16.5. The lowest BCUT2D eigenvalue weighted by molar-refractivity contribution is -0.0206. The zero-order valence-electron chi connectivity index (χ0n) is 11.5. The first-order valence-corrected chi connectivity index (χ1v) is 6.62. The lowest BCUT2D eigenvalue weighted by atomic mass is 10.3. The molecule has 0 aromatic carbocycles. The van der Waals surface area contributed by atoms with Crippen LogP contribution in [0.15, 0.2) is 0 Å². The average molecular weight is 248 g/mol. The Bertz CT molecular complexity index is 152. The number of aliphatic hydroxyl groups is 1. The van der Waals surface area contributed by atoms with Crippen molar-refractivity contribution in [1.82, 2.24) is 0 Å². The van der Waals surface area contributed by atoms with E-state index in [0.717, 1.165) is 25.9 Å². The molecule has 0 bridgehead atoms. The first kappa shape index (κ1) is 16.8. The summed E-state index contributed by atoms with van der Waals surface area (Å²) in [6.07, 6.45) is 3.21. The van der Waals surface area contributed by atoms with Crippen molar-refractivity contribution in [3.63, 3.8) is 0 Å². The number of aliphatic hydroxyl groups excluding tert-OH is 1. The monoisotopic (exact) mass is 248 g/mol. The summed E-state index contributed by atoms with van der Waals surface area (Å²) in [6, 6.07) is 0. The summed E-state index contributed by atoms with van der Waals surface area (Å²) in [7, 11) is 0. The number of rotatable bonds is 12. The molecule has 0 aromatic heterocycles. The fraction of sp³-hybridized carbons (Fsp3) is 1.00. The van der Waals surface area contributed by atoms with Crippen LogP contribution in [0.25, 0.3) is 0 Å². The summed E-state index contributed by atoms with van der Waals surface area (Å²) in [5, 5.41) is 8.74. The van der Waals surface area contributed by atoms with E-state index in [-0.39, 0.29) is 18.8 Å². The van der Waals surface area contributed by atoms with Gasteiger partial charge in [0.05, 0.1) is 25.4 Å². The Morgan fingerprint density at radius 3 is 2.24 bits per heavy atom. The number of unbranched alkanes of at least 4 members (excludes halogenated alkanes) is 1. The molecule has 0 heterocycles.